The maximum Gasteiger partial charge on any atom is 0.240 e. The van der Waals surface area contributed by atoms with Gasteiger partial charge >= 0.3 is 0 Å². The van der Waals surface area contributed by atoms with Gasteiger partial charge in [0.2, 0.25) is 5.91 Å². The van der Waals surface area contributed by atoms with Crippen molar-refractivity contribution in [2.75, 3.05) is 13.1 Å². The maximum absolute atomic E-state index is 11.8. The molecule has 0 spiro atoms. The molecule has 5 nitrogen and oxygen atoms in total. The first-order valence-corrected chi connectivity index (χ1v) is 6.83. The predicted octanol–water partition coefficient (Wildman–Crippen LogP) is 0.629. The molecule has 1 saturated heterocycles. The van der Waals surface area contributed by atoms with Gasteiger partial charge in [-0.3, -0.25) is 4.79 Å². The second-order valence-electron chi connectivity index (χ2n) is 5.31. The molecule has 1 aliphatic heterocycles. The molecule has 1 aromatic rings. The van der Waals surface area contributed by atoms with Gasteiger partial charge in [-0.15, -0.1) is 0 Å². The minimum atomic E-state index is 0.116. The number of aromatic nitrogens is 2. The fourth-order valence-corrected chi connectivity index (χ4v) is 2.58. The monoisotopic (exact) mass is 248 g/mol. The van der Waals surface area contributed by atoms with E-state index < -0.39 is 0 Å². The van der Waals surface area contributed by atoms with Crippen LogP contribution in [0, 0.1) is 0 Å². The second-order valence-corrected chi connectivity index (χ2v) is 5.31. The van der Waals surface area contributed by atoms with Gasteiger partial charge in [0.1, 0.15) is 6.54 Å². The minimum absolute atomic E-state index is 0.116. The van der Waals surface area contributed by atoms with E-state index in [1.54, 1.807) is 6.33 Å². The van der Waals surface area contributed by atoms with E-state index in [-0.39, 0.29) is 5.91 Å². The third kappa shape index (κ3) is 2.72. The second kappa shape index (κ2) is 5.10. The number of nitrogens with one attached hydrogen (secondary N) is 2. The van der Waals surface area contributed by atoms with Crippen LogP contribution in [0.25, 0.3) is 0 Å². The van der Waals surface area contributed by atoms with Gasteiger partial charge in [-0.1, -0.05) is 0 Å². The molecule has 98 valence electrons. The average molecular weight is 248 g/mol. The van der Waals surface area contributed by atoms with Crippen LogP contribution in [-0.2, 0) is 11.3 Å². The number of rotatable bonds is 4. The Hall–Kier alpha value is -1.36. The van der Waals surface area contributed by atoms with Crippen LogP contribution >= 0.6 is 0 Å². The average Bonchev–Trinajstić information content (AvgIpc) is 3.07. The molecule has 2 N–H and O–H groups in total. The van der Waals surface area contributed by atoms with Crippen molar-refractivity contribution in [2.45, 2.75) is 44.2 Å². The molecule has 0 bridgehead atoms. The third-order valence-corrected chi connectivity index (χ3v) is 3.76. The van der Waals surface area contributed by atoms with E-state index in [4.69, 9.17) is 0 Å². The molecular weight excluding hydrogens is 228 g/mol. The molecule has 1 amide bonds. The highest BCUT2D eigenvalue weighted by molar-refractivity contribution is 5.76. The number of hydrogen-bond acceptors (Lipinski definition) is 3. The third-order valence-electron chi connectivity index (χ3n) is 3.76. The largest absolute Gasteiger partial charge is 0.352 e. The van der Waals surface area contributed by atoms with Crippen molar-refractivity contribution >= 4 is 5.91 Å². The van der Waals surface area contributed by atoms with Gasteiger partial charge in [-0.05, 0) is 38.8 Å². The Morgan fingerprint density at radius 2 is 2.17 bits per heavy atom. The summed E-state index contributed by atoms with van der Waals surface area (Å²) in [4.78, 5) is 16.0. The normalized spacial score (nSPS) is 20.9. The van der Waals surface area contributed by atoms with Gasteiger partial charge in [0.15, 0.2) is 0 Å². The Kier molecular flexibility index (Phi) is 3.32. The molecule has 2 fully saturated rings. The van der Waals surface area contributed by atoms with Crippen LogP contribution in [0.15, 0.2) is 12.5 Å². The van der Waals surface area contributed by atoms with E-state index in [2.05, 4.69) is 15.6 Å². The van der Waals surface area contributed by atoms with Crippen LogP contribution in [0.2, 0.25) is 0 Å². The highest BCUT2D eigenvalue weighted by Gasteiger charge is 2.24. The van der Waals surface area contributed by atoms with Crippen LogP contribution in [0.1, 0.15) is 37.3 Å². The zero-order valence-corrected chi connectivity index (χ0v) is 10.6. The summed E-state index contributed by atoms with van der Waals surface area (Å²) < 4.78 is 2.01. The van der Waals surface area contributed by atoms with Crippen molar-refractivity contribution in [2.24, 2.45) is 0 Å². The summed E-state index contributed by atoms with van der Waals surface area (Å²) in [6, 6.07) is 0.434. The molecule has 0 radical (unpaired) electrons. The lowest BCUT2D eigenvalue weighted by Crippen LogP contribution is -2.31. The zero-order chi connectivity index (χ0) is 12.4. The molecule has 1 aromatic heterocycles. The van der Waals surface area contributed by atoms with E-state index in [0.29, 0.717) is 18.5 Å². The molecule has 2 heterocycles. The van der Waals surface area contributed by atoms with E-state index in [1.807, 2.05) is 10.8 Å². The van der Waals surface area contributed by atoms with Gasteiger partial charge in [-0.25, -0.2) is 4.98 Å². The summed E-state index contributed by atoms with van der Waals surface area (Å²) in [5.41, 5.74) is 1.21. The van der Waals surface area contributed by atoms with Crippen LogP contribution in [-0.4, -0.2) is 34.6 Å². The molecule has 0 atom stereocenters. The Balaban J connectivity index is 1.64. The van der Waals surface area contributed by atoms with Crippen molar-refractivity contribution in [3.63, 3.8) is 0 Å². The fourth-order valence-electron chi connectivity index (χ4n) is 2.58. The van der Waals surface area contributed by atoms with Gasteiger partial charge in [-0.2, -0.15) is 0 Å². The Morgan fingerprint density at radius 3 is 2.89 bits per heavy atom. The number of amides is 1. The Labute approximate surface area is 107 Å². The van der Waals surface area contributed by atoms with Gasteiger partial charge in [0.05, 0.1) is 6.33 Å². The summed E-state index contributed by atoms with van der Waals surface area (Å²) in [6.07, 6.45) is 8.24. The molecule has 2 aliphatic rings. The Morgan fingerprint density at radius 1 is 1.39 bits per heavy atom. The summed E-state index contributed by atoms with van der Waals surface area (Å²) >= 11 is 0. The minimum Gasteiger partial charge on any atom is -0.352 e. The van der Waals surface area contributed by atoms with Gasteiger partial charge in [0.25, 0.3) is 0 Å². The molecule has 3 rings (SSSR count). The lowest BCUT2D eigenvalue weighted by Gasteiger charge is -2.23. The van der Waals surface area contributed by atoms with Crippen molar-refractivity contribution in [1.82, 2.24) is 20.2 Å². The number of piperidine rings is 1. The van der Waals surface area contributed by atoms with Crippen LogP contribution in [0.5, 0.6) is 0 Å². The molecular formula is C13H20N4O. The lowest BCUT2D eigenvalue weighted by atomic mass is 9.95. The molecule has 5 heteroatoms. The first-order valence-electron chi connectivity index (χ1n) is 6.83. The summed E-state index contributed by atoms with van der Waals surface area (Å²) in [5, 5.41) is 6.38. The lowest BCUT2D eigenvalue weighted by molar-refractivity contribution is -0.121. The number of hydrogen-bond donors (Lipinski definition) is 2. The SMILES string of the molecule is O=C(Cn1cncc1C1CCNCC1)NC1CC1. The molecule has 0 unspecified atom stereocenters. The van der Waals surface area contributed by atoms with Crippen molar-refractivity contribution in [3.05, 3.63) is 18.2 Å². The summed E-state index contributed by atoms with van der Waals surface area (Å²) in [5.74, 6) is 0.660. The van der Waals surface area contributed by atoms with Crippen molar-refractivity contribution in [1.29, 1.82) is 0 Å². The van der Waals surface area contributed by atoms with E-state index in [0.717, 1.165) is 38.8 Å². The highest BCUT2D eigenvalue weighted by Crippen LogP contribution is 2.25. The van der Waals surface area contributed by atoms with E-state index in [9.17, 15) is 4.79 Å². The van der Waals surface area contributed by atoms with E-state index in [1.165, 1.54) is 5.69 Å². The maximum atomic E-state index is 11.8. The Bertz CT molecular complexity index is 418. The molecule has 1 aliphatic carbocycles. The molecule has 0 aromatic carbocycles. The first-order chi connectivity index (χ1) is 8.83. The predicted molar refractivity (Wildman–Crippen MR) is 68.2 cm³/mol. The number of nitrogens with zero attached hydrogens (tertiary/aromatic N) is 2. The molecule has 1 saturated carbocycles. The first kappa shape index (κ1) is 11.7. The fraction of sp³-hybridized carbons (Fsp3) is 0.692. The van der Waals surface area contributed by atoms with Crippen molar-refractivity contribution in [3.8, 4) is 0 Å². The van der Waals surface area contributed by atoms with Crippen LogP contribution in [0.3, 0.4) is 0 Å². The van der Waals surface area contributed by atoms with Crippen LogP contribution in [0.4, 0.5) is 0 Å². The van der Waals surface area contributed by atoms with Gasteiger partial charge in [0, 0.05) is 23.9 Å². The summed E-state index contributed by atoms with van der Waals surface area (Å²) in [6.45, 7) is 2.53. The molecule has 18 heavy (non-hydrogen) atoms. The topological polar surface area (TPSA) is 59.0 Å². The summed E-state index contributed by atoms with van der Waals surface area (Å²) in [7, 11) is 0. The zero-order valence-electron chi connectivity index (χ0n) is 10.6. The highest BCUT2D eigenvalue weighted by atomic mass is 16.2. The van der Waals surface area contributed by atoms with Gasteiger partial charge < -0.3 is 15.2 Å². The van der Waals surface area contributed by atoms with Crippen molar-refractivity contribution < 1.29 is 4.79 Å². The van der Waals surface area contributed by atoms with Crippen LogP contribution < -0.4 is 10.6 Å². The quantitative estimate of drug-likeness (QED) is 0.821. The number of carbonyl (C=O) groups is 1. The number of imidazole rings is 1. The number of carbonyl (C=O) groups excluding carboxylic acids is 1. The standard InChI is InChI=1S/C13H20N4O/c18-13(16-11-1-2-11)8-17-9-15-7-12(17)10-3-5-14-6-4-10/h7,9-11,14H,1-6,8H2,(H,16,18). The van der Waals surface area contributed by atoms with E-state index >= 15 is 0 Å². The smallest absolute Gasteiger partial charge is 0.240 e.